The molecule has 1 fully saturated rings. The summed E-state index contributed by atoms with van der Waals surface area (Å²) in [6.45, 7) is 1.04. The van der Waals surface area contributed by atoms with Crippen molar-refractivity contribution in [2.45, 2.75) is 41.4 Å². The number of benzene rings is 2. The van der Waals surface area contributed by atoms with E-state index in [1.807, 2.05) is 0 Å². The number of amides is 1. The Morgan fingerprint density at radius 3 is 2.43 bits per heavy atom. The maximum atomic E-state index is 12.8. The fourth-order valence-electron chi connectivity index (χ4n) is 2.98. The zero-order valence-corrected chi connectivity index (χ0v) is 15.6. The summed E-state index contributed by atoms with van der Waals surface area (Å²) < 4.78 is 63.8. The second-order valence-corrected chi connectivity index (χ2v) is 8.49. The molecule has 0 unspecified atom stereocenters. The van der Waals surface area contributed by atoms with Crippen molar-refractivity contribution in [3.05, 3.63) is 59.7 Å². The molecular formula is C19H19F3N2O3S. The van der Waals surface area contributed by atoms with Gasteiger partial charge in [0.05, 0.1) is 21.4 Å². The summed E-state index contributed by atoms with van der Waals surface area (Å²) in [5.74, 6) is -0.113. The summed E-state index contributed by atoms with van der Waals surface area (Å²) in [5.41, 5.74) is -0.331. The smallest absolute Gasteiger partial charge is 0.351 e. The lowest BCUT2D eigenvalue weighted by Gasteiger charge is -2.12. The standard InChI is InChI=1S/C19H19F3N2O3S/c20-19(21,22)14-3-1-4-16(11-14)28(26,27)15-8-6-13(7-9-15)12-24-18(25)17-5-2-10-23-17/h1,3-4,6-9,11,17,23H,2,5,10,12H2,(H,24,25)/t17-/m1/s1. The van der Waals surface area contributed by atoms with Crippen LogP contribution in [-0.2, 0) is 27.4 Å². The van der Waals surface area contributed by atoms with Crippen molar-refractivity contribution in [2.75, 3.05) is 6.54 Å². The Labute approximate surface area is 160 Å². The van der Waals surface area contributed by atoms with Crippen molar-refractivity contribution in [3.63, 3.8) is 0 Å². The Kier molecular flexibility index (Phi) is 5.76. The van der Waals surface area contributed by atoms with E-state index in [9.17, 15) is 26.4 Å². The molecule has 1 heterocycles. The predicted octanol–water partition coefficient (Wildman–Crippen LogP) is 2.91. The minimum Gasteiger partial charge on any atom is -0.351 e. The highest BCUT2D eigenvalue weighted by atomic mass is 32.2. The summed E-state index contributed by atoms with van der Waals surface area (Å²) in [5, 5.41) is 5.86. The predicted molar refractivity (Wildman–Crippen MR) is 96.2 cm³/mol. The SMILES string of the molecule is O=C(NCc1ccc(S(=O)(=O)c2cccc(C(F)(F)F)c2)cc1)[C@H]1CCCN1. The van der Waals surface area contributed by atoms with Gasteiger partial charge in [-0.15, -0.1) is 0 Å². The molecule has 150 valence electrons. The van der Waals surface area contributed by atoms with E-state index in [4.69, 9.17) is 0 Å². The van der Waals surface area contributed by atoms with Crippen LogP contribution >= 0.6 is 0 Å². The van der Waals surface area contributed by atoms with Crippen LogP contribution in [0.2, 0.25) is 0 Å². The molecule has 0 aromatic heterocycles. The zero-order valence-electron chi connectivity index (χ0n) is 14.8. The number of hydrogen-bond acceptors (Lipinski definition) is 4. The number of alkyl halides is 3. The van der Waals surface area contributed by atoms with Gasteiger partial charge in [-0.1, -0.05) is 18.2 Å². The molecule has 1 aliphatic rings. The average molecular weight is 412 g/mol. The Morgan fingerprint density at radius 2 is 1.82 bits per heavy atom. The summed E-state index contributed by atoms with van der Waals surface area (Å²) in [6.07, 6.45) is -2.90. The van der Waals surface area contributed by atoms with E-state index in [0.717, 1.165) is 37.6 Å². The minimum atomic E-state index is -4.62. The van der Waals surface area contributed by atoms with E-state index < -0.39 is 26.5 Å². The molecule has 28 heavy (non-hydrogen) atoms. The van der Waals surface area contributed by atoms with Crippen LogP contribution in [-0.4, -0.2) is 26.9 Å². The first-order chi connectivity index (χ1) is 13.2. The molecule has 2 aromatic carbocycles. The van der Waals surface area contributed by atoms with E-state index in [-0.39, 0.29) is 23.4 Å². The van der Waals surface area contributed by atoms with Crippen molar-refractivity contribution in [1.82, 2.24) is 10.6 Å². The quantitative estimate of drug-likeness (QED) is 0.792. The monoisotopic (exact) mass is 412 g/mol. The van der Waals surface area contributed by atoms with Crippen molar-refractivity contribution in [1.29, 1.82) is 0 Å². The number of nitrogens with one attached hydrogen (secondary N) is 2. The van der Waals surface area contributed by atoms with Crippen LogP contribution in [0.15, 0.2) is 58.3 Å². The highest BCUT2D eigenvalue weighted by Gasteiger charge is 2.32. The maximum Gasteiger partial charge on any atom is 0.416 e. The van der Waals surface area contributed by atoms with Gasteiger partial charge in [0, 0.05) is 6.54 Å². The molecular weight excluding hydrogens is 393 g/mol. The molecule has 1 amide bonds. The average Bonchev–Trinajstić information content (AvgIpc) is 3.21. The molecule has 2 N–H and O–H groups in total. The van der Waals surface area contributed by atoms with Gasteiger partial charge in [-0.25, -0.2) is 8.42 Å². The Balaban J connectivity index is 1.72. The fourth-order valence-corrected chi connectivity index (χ4v) is 4.29. The topological polar surface area (TPSA) is 75.3 Å². The second-order valence-electron chi connectivity index (χ2n) is 6.54. The summed E-state index contributed by atoms with van der Waals surface area (Å²) >= 11 is 0. The number of carbonyl (C=O) groups is 1. The molecule has 0 saturated carbocycles. The first-order valence-electron chi connectivity index (χ1n) is 8.70. The molecule has 0 bridgehead atoms. The Morgan fingerprint density at radius 1 is 1.11 bits per heavy atom. The molecule has 5 nitrogen and oxygen atoms in total. The van der Waals surface area contributed by atoms with Crippen molar-refractivity contribution in [2.24, 2.45) is 0 Å². The van der Waals surface area contributed by atoms with Gasteiger partial charge in [0.25, 0.3) is 0 Å². The van der Waals surface area contributed by atoms with Gasteiger partial charge in [-0.2, -0.15) is 13.2 Å². The molecule has 1 aliphatic heterocycles. The zero-order chi connectivity index (χ0) is 20.4. The normalized spacial score (nSPS) is 17.5. The van der Waals surface area contributed by atoms with Gasteiger partial charge in [-0.3, -0.25) is 4.79 Å². The molecule has 9 heteroatoms. The van der Waals surface area contributed by atoms with E-state index in [2.05, 4.69) is 10.6 Å². The van der Waals surface area contributed by atoms with Crippen LogP contribution in [0.3, 0.4) is 0 Å². The van der Waals surface area contributed by atoms with Crippen LogP contribution in [0, 0.1) is 0 Å². The number of hydrogen-bond donors (Lipinski definition) is 2. The first-order valence-corrected chi connectivity index (χ1v) is 10.2. The first kappa shape index (κ1) is 20.3. The third-order valence-corrected chi connectivity index (χ3v) is 6.32. The Hall–Kier alpha value is -2.39. The van der Waals surface area contributed by atoms with E-state index >= 15 is 0 Å². The molecule has 0 radical (unpaired) electrons. The van der Waals surface area contributed by atoms with Crippen molar-refractivity contribution < 1.29 is 26.4 Å². The van der Waals surface area contributed by atoms with Gasteiger partial charge in [0.1, 0.15) is 0 Å². The number of rotatable bonds is 5. The van der Waals surface area contributed by atoms with Crippen LogP contribution in [0.1, 0.15) is 24.0 Å². The maximum absolute atomic E-state index is 12.8. The number of sulfone groups is 1. The molecule has 0 aliphatic carbocycles. The fraction of sp³-hybridized carbons (Fsp3) is 0.316. The lowest BCUT2D eigenvalue weighted by molar-refractivity contribution is -0.137. The van der Waals surface area contributed by atoms with E-state index in [0.29, 0.717) is 11.6 Å². The highest BCUT2D eigenvalue weighted by Crippen LogP contribution is 2.32. The molecule has 3 rings (SSSR count). The van der Waals surface area contributed by atoms with Crippen molar-refractivity contribution in [3.8, 4) is 0 Å². The number of halogens is 3. The van der Waals surface area contributed by atoms with Crippen LogP contribution in [0.5, 0.6) is 0 Å². The van der Waals surface area contributed by atoms with Gasteiger partial charge in [-0.05, 0) is 55.3 Å². The summed E-state index contributed by atoms with van der Waals surface area (Å²) in [6, 6.07) is 9.15. The lowest BCUT2D eigenvalue weighted by atomic mass is 10.2. The number of carbonyl (C=O) groups excluding carboxylic acids is 1. The van der Waals surface area contributed by atoms with Gasteiger partial charge in [0.2, 0.25) is 15.7 Å². The molecule has 2 aromatic rings. The Bertz CT molecular complexity index is 951. The molecule has 0 spiro atoms. The van der Waals surface area contributed by atoms with Crippen LogP contribution in [0.4, 0.5) is 13.2 Å². The van der Waals surface area contributed by atoms with Crippen LogP contribution in [0.25, 0.3) is 0 Å². The largest absolute Gasteiger partial charge is 0.416 e. The highest BCUT2D eigenvalue weighted by molar-refractivity contribution is 7.91. The minimum absolute atomic E-state index is 0.112. The second kappa shape index (κ2) is 7.92. The summed E-state index contributed by atoms with van der Waals surface area (Å²) in [7, 11) is -4.08. The lowest BCUT2D eigenvalue weighted by Crippen LogP contribution is -2.39. The third kappa shape index (κ3) is 4.53. The van der Waals surface area contributed by atoms with Gasteiger partial charge >= 0.3 is 6.18 Å². The molecule has 1 atom stereocenters. The summed E-state index contributed by atoms with van der Waals surface area (Å²) in [4.78, 5) is 11.4. The van der Waals surface area contributed by atoms with E-state index in [1.165, 1.54) is 24.3 Å². The third-order valence-electron chi connectivity index (χ3n) is 4.55. The van der Waals surface area contributed by atoms with Crippen molar-refractivity contribution >= 4 is 15.7 Å². The molecule has 1 saturated heterocycles. The van der Waals surface area contributed by atoms with Gasteiger partial charge < -0.3 is 10.6 Å². The van der Waals surface area contributed by atoms with Crippen LogP contribution < -0.4 is 10.6 Å². The van der Waals surface area contributed by atoms with Gasteiger partial charge in [0.15, 0.2) is 0 Å². The van der Waals surface area contributed by atoms with E-state index in [1.54, 1.807) is 0 Å².